The average Bonchev–Trinajstić information content (AvgIpc) is 3.12. The molecule has 24 heavy (non-hydrogen) atoms. The fourth-order valence-electron chi connectivity index (χ4n) is 2.74. The van der Waals surface area contributed by atoms with Gasteiger partial charge < -0.3 is 10.1 Å². The number of carbonyl (C=O) groups is 1. The standard InChI is InChI=1S/C17H18BrClN2O2S/c18-12-3-4-14(19)13(10-12)17(22)20-11-15(16-2-1-9-24-16)21-5-7-23-8-6-21/h1-4,9-10,15H,5-8,11H2,(H,20,22). The van der Waals surface area contributed by atoms with E-state index < -0.39 is 0 Å². The lowest BCUT2D eigenvalue weighted by molar-refractivity contribution is 0.0169. The molecule has 1 aromatic heterocycles. The smallest absolute Gasteiger partial charge is 0.252 e. The monoisotopic (exact) mass is 428 g/mol. The molecule has 2 aromatic rings. The maximum Gasteiger partial charge on any atom is 0.252 e. The van der Waals surface area contributed by atoms with E-state index in [1.165, 1.54) is 4.88 Å². The maximum atomic E-state index is 12.5. The van der Waals surface area contributed by atoms with Gasteiger partial charge in [-0.15, -0.1) is 11.3 Å². The quantitative estimate of drug-likeness (QED) is 0.782. The van der Waals surface area contributed by atoms with Crippen molar-refractivity contribution in [1.29, 1.82) is 0 Å². The number of ether oxygens (including phenoxy) is 1. The van der Waals surface area contributed by atoms with Crippen LogP contribution in [0.1, 0.15) is 21.3 Å². The van der Waals surface area contributed by atoms with Crippen LogP contribution < -0.4 is 5.32 Å². The molecule has 0 spiro atoms. The van der Waals surface area contributed by atoms with Gasteiger partial charge in [0.15, 0.2) is 0 Å². The molecule has 1 fully saturated rings. The molecule has 1 saturated heterocycles. The van der Waals surface area contributed by atoms with Gasteiger partial charge in [-0.05, 0) is 29.6 Å². The van der Waals surface area contributed by atoms with Crippen LogP contribution in [-0.2, 0) is 4.74 Å². The molecule has 1 aliphatic rings. The Morgan fingerprint density at radius 2 is 2.17 bits per heavy atom. The Hall–Kier alpha value is -0.920. The number of morpholine rings is 1. The molecule has 4 nitrogen and oxygen atoms in total. The SMILES string of the molecule is O=C(NCC(c1cccs1)N1CCOCC1)c1cc(Br)ccc1Cl. The number of hydrogen-bond donors (Lipinski definition) is 1. The van der Waals surface area contributed by atoms with E-state index in [0.717, 1.165) is 30.8 Å². The lowest BCUT2D eigenvalue weighted by Crippen LogP contribution is -2.43. The summed E-state index contributed by atoms with van der Waals surface area (Å²) in [5.41, 5.74) is 0.484. The van der Waals surface area contributed by atoms with Crippen LogP contribution in [0.2, 0.25) is 5.02 Å². The second-order valence-electron chi connectivity index (χ2n) is 5.51. The van der Waals surface area contributed by atoms with Gasteiger partial charge in [0.25, 0.3) is 5.91 Å². The van der Waals surface area contributed by atoms with Crippen molar-refractivity contribution in [2.45, 2.75) is 6.04 Å². The summed E-state index contributed by atoms with van der Waals surface area (Å²) in [6.07, 6.45) is 0. The van der Waals surface area contributed by atoms with Crippen LogP contribution in [0, 0.1) is 0 Å². The Kier molecular flexibility index (Phi) is 6.30. The normalized spacial score (nSPS) is 16.8. The number of amides is 1. The fourth-order valence-corrected chi connectivity index (χ4v) is 4.16. The second kappa shape index (κ2) is 8.45. The summed E-state index contributed by atoms with van der Waals surface area (Å²) in [6.45, 7) is 3.74. The number of rotatable bonds is 5. The molecule has 2 heterocycles. The molecule has 1 N–H and O–H groups in total. The molecule has 0 radical (unpaired) electrons. The van der Waals surface area contributed by atoms with E-state index in [-0.39, 0.29) is 11.9 Å². The molecule has 1 atom stereocenters. The number of thiophene rings is 1. The lowest BCUT2D eigenvalue weighted by Gasteiger charge is -2.34. The Morgan fingerprint density at radius 1 is 1.38 bits per heavy atom. The van der Waals surface area contributed by atoms with Crippen LogP contribution in [0.25, 0.3) is 0 Å². The lowest BCUT2D eigenvalue weighted by atomic mass is 10.1. The second-order valence-corrected chi connectivity index (χ2v) is 7.82. The topological polar surface area (TPSA) is 41.6 Å². The number of hydrogen-bond acceptors (Lipinski definition) is 4. The Morgan fingerprint density at radius 3 is 2.88 bits per heavy atom. The van der Waals surface area contributed by atoms with Gasteiger partial charge in [0.1, 0.15) is 0 Å². The van der Waals surface area contributed by atoms with E-state index in [1.54, 1.807) is 23.5 Å². The van der Waals surface area contributed by atoms with Crippen molar-refractivity contribution in [3.63, 3.8) is 0 Å². The summed E-state index contributed by atoms with van der Waals surface area (Å²) in [5, 5.41) is 5.55. The summed E-state index contributed by atoms with van der Waals surface area (Å²) >= 11 is 11.2. The van der Waals surface area contributed by atoms with Crippen LogP contribution in [0.15, 0.2) is 40.2 Å². The summed E-state index contributed by atoms with van der Waals surface area (Å²) in [6, 6.07) is 9.60. The van der Waals surface area contributed by atoms with E-state index >= 15 is 0 Å². The molecule has 7 heteroatoms. The van der Waals surface area contributed by atoms with Crippen LogP contribution in [-0.4, -0.2) is 43.7 Å². The summed E-state index contributed by atoms with van der Waals surface area (Å²) in [5.74, 6) is -0.156. The van der Waals surface area contributed by atoms with Crippen molar-refractivity contribution >= 4 is 44.8 Å². The van der Waals surface area contributed by atoms with Gasteiger partial charge in [-0.25, -0.2) is 0 Å². The number of carbonyl (C=O) groups excluding carboxylic acids is 1. The van der Waals surface area contributed by atoms with Crippen LogP contribution in [0.4, 0.5) is 0 Å². The third-order valence-electron chi connectivity index (χ3n) is 3.99. The summed E-state index contributed by atoms with van der Waals surface area (Å²) in [7, 11) is 0. The minimum atomic E-state index is -0.156. The van der Waals surface area contributed by atoms with Crippen molar-refractivity contribution in [3.05, 3.63) is 55.6 Å². The van der Waals surface area contributed by atoms with E-state index in [4.69, 9.17) is 16.3 Å². The first kappa shape index (κ1) is 17.9. The Labute approximate surface area is 158 Å². The molecule has 128 valence electrons. The van der Waals surface area contributed by atoms with E-state index in [2.05, 4.69) is 37.6 Å². The van der Waals surface area contributed by atoms with Gasteiger partial charge in [0.2, 0.25) is 0 Å². The third-order valence-corrected chi connectivity index (χ3v) is 5.78. The summed E-state index contributed by atoms with van der Waals surface area (Å²) in [4.78, 5) is 16.1. The average molecular weight is 430 g/mol. The van der Waals surface area contributed by atoms with Gasteiger partial charge in [-0.2, -0.15) is 0 Å². The Balaban J connectivity index is 1.71. The highest BCUT2D eigenvalue weighted by atomic mass is 79.9. The number of nitrogens with zero attached hydrogens (tertiary/aromatic N) is 1. The molecule has 0 aliphatic carbocycles. The highest BCUT2D eigenvalue weighted by Crippen LogP contribution is 2.26. The first-order valence-corrected chi connectivity index (χ1v) is 9.78. The van der Waals surface area contributed by atoms with Crippen molar-refractivity contribution in [2.75, 3.05) is 32.8 Å². The Bertz CT molecular complexity index is 690. The van der Waals surface area contributed by atoms with Crippen LogP contribution in [0.3, 0.4) is 0 Å². The predicted molar refractivity (Wildman–Crippen MR) is 101 cm³/mol. The zero-order valence-corrected chi connectivity index (χ0v) is 16.2. The van der Waals surface area contributed by atoms with Gasteiger partial charge in [-0.3, -0.25) is 9.69 Å². The molecule has 1 unspecified atom stereocenters. The zero-order chi connectivity index (χ0) is 16.9. The van der Waals surface area contributed by atoms with Crippen molar-refractivity contribution < 1.29 is 9.53 Å². The molecule has 0 bridgehead atoms. The van der Waals surface area contributed by atoms with Crippen molar-refractivity contribution in [3.8, 4) is 0 Å². The first-order valence-electron chi connectivity index (χ1n) is 7.73. The highest BCUT2D eigenvalue weighted by Gasteiger charge is 2.24. The maximum absolute atomic E-state index is 12.5. The molecule has 1 aromatic carbocycles. The molecule has 1 aliphatic heterocycles. The number of halogens is 2. The van der Waals surface area contributed by atoms with Crippen molar-refractivity contribution in [2.24, 2.45) is 0 Å². The largest absolute Gasteiger partial charge is 0.379 e. The summed E-state index contributed by atoms with van der Waals surface area (Å²) < 4.78 is 6.28. The van der Waals surface area contributed by atoms with Gasteiger partial charge >= 0.3 is 0 Å². The molecule has 0 saturated carbocycles. The molecule has 3 rings (SSSR count). The highest BCUT2D eigenvalue weighted by molar-refractivity contribution is 9.10. The molecular formula is C17H18BrClN2O2S. The van der Waals surface area contributed by atoms with Crippen LogP contribution >= 0.6 is 38.9 Å². The minimum absolute atomic E-state index is 0.156. The number of nitrogens with one attached hydrogen (secondary N) is 1. The van der Waals surface area contributed by atoms with E-state index in [0.29, 0.717) is 17.1 Å². The van der Waals surface area contributed by atoms with Crippen LogP contribution in [0.5, 0.6) is 0 Å². The number of benzene rings is 1. The predicted octanol–water partition coefficient (Wildman–Crippen LogP) is 3.97. The van der Waals surface area contributed by atoms with Gasteiger partial charge in [0.05, 0.1) is 29.8 Å². The third kappa shape index (κ3) is 4.37. The minimum Gasteiger partial charge on any atom is -0.379 e. The van der Waals surface area contributed by atoms with Gasteiger partial charge in [-0.1, -0.05) is 33.6 Å². The van der Waals surface area contributed by atoms with Crippen molar-refractivity contribution in [1.82, 2.24) is 10.2 Å². The fraction of sp³-hybridized carbons (Fsp3) is 0.353. The van der Waals surface area contributed by atoms with Gasteiger partial charge in [0, 0.05) is 29.0 Å². The first-order chi connectivity index (χ1) is 11.6. The molecule has 1 amide bonds. The molecular weight excluding hydrogens is 412 g/mol. The van der Waals surface area contributed by atoms with E-state index in [1.807, 2.05) is 12.1 Å². The van der Waals surface area contributed by atoms with E-state index in [9.17, 15) is 4.79 Å². The zero-order valence-electron chi connectivity index (χ0n) is 13.0.